The summed E-state index contributed by atoms with van der Waals surface area (Å²) in [7, 11) is 0. The van der Waals surface area contributed by atoms with E-state index in [9.17, 15) is 40.9 Å². The summed E-state index contributed by atoms with van der Waals surface area (Å²) < 4.78 is 23.1. The highest BCUT2D eigenvalue weighted by Gasteiger charge is 2.55. The van der Waals surface area contributed by atoms with E-state index in [1.807, 2.05) is 0 Å². The molecule has 12 nitrogen and oxygen atoms in total. The van der Waals surface area contributed by atoms with Gasteiger partial charge >= 0.3 is 0 Å². The summed E-state index contributed by atoms with van der Waals surface area (Å²) in [6, 6.07) is 0. The van der Waals surface area contributed by atoms with Crippen LogP contribution in [0.4, 0.5) is 0 Å². The van der Waals surface area contributed by atoms with Crippen molar-refractivity contribution in [3.8, 4) is 0 Å². The molecule has 0 bridgehead atoms. The molecule has 0 unspecified atom stereocenters. The quantitative estimate of drug-likeness (QED) is 0.159. The maximum absolute atomic E-state index is 10.5. The molecule has 4 aliphatic rings. The van der Waals surface area contributed by atoms with Crippen molar-refractivity contribution in [2.24, 2.45) is 35.0 Å². The number of ether oxygens (including phenoxy) is 4. The minimum atomic E-state index is -1.49. The summed E-state index contributed by atoms with van der Waals surface area (Å²) in [4.78, 5) is 0. The lowest BCUT2D eigenvalue weighted by Crippen LogP contribution is -2.59. The summed E-state index contributed by atoms with van der Waals surface area (Å²) in [5, 5.41) is 80.2. The van der Waals surface area contributed by atoms with Crippen molar-refractivity contribution in [1.82, 2.24) is 0 Å². The van der Waals surface area contributed by atoms with E-state index in [2.05, 4.69) is 20.8 Å². The van der Waals surface area contributed by atoms with E-state index in [1.54, 1.807) is 0 Å². The van der Waals surface area contributed by atoms with Gasteiger partial charge < -0.3 is 59.8 Å². The minimum absolute atomic E-state index is 0.108. The molecule has 4 fully saturated rings. The Bertz CT molecular complexity index is 782. The van der Waals surface area contributed by atoms with Crippen molar-refractivity contribution >= 4 is 0 Å². The molecule has 228 valence electrons. The van der Waals surface area contributed by atoms with Crippen molar-refractivity contribution in [3.05, 3.63) is 0 Å². The highest BCUT2D eigenvalue weighted by Crippen LogP contribution is 2.60. The standard InChI is InChI=1S/C27H48O12/c1-12(2)14-6-7-27(3)13(10-36-25-23(34)21(32)19(30)17(8-28)38-25)4-5-16(27)15(14)11-37-26-24(35)22(33)20(31)18(9-29)39-26/h12-26,28-35H,4-11H2,1-3H3/t13-,14-,15-,16-,17-,18-,19-,20-,21+,22+,23-,24-,25-,26-,27-/m1/s1. The number of hydrogen-bond acceptors (Lipinski definition) is 12. The first-order valence-electron chi connectivity index (χ1n) is 14.3. The zero-order valence-corrected chi connectivity index (χ0v) is 23.0. The van der Waals surface area contributed by atoms with Gasteiger partial charge in [-0.1, -0.05) is 20.8 Å². The molecule has 0 radical (unpaired) electrons. The van der Waals surface area contributed by atoms with Gasteiger partial charge in [0.05, 0.1) is 26.4 Å². The molecule has 0 aromatic carbocycles. The molecule has 0 aromatic heterocycles. The van der Waals surface area contributed by atoms with Crippen LogP contribution in [0.25, 0.3) is 0 Å². The monoisotopic (exact) mass is 564 g/mol. The Kier molecular flexibility index (Phi) is 10.3. The molecule has 12 heteroatoms. The Morgan fingerprint density at radius 1 is 0.718 bits per heavy atom. The van der Waals surface area contributed by atoms with Gasteiger partial charge in [-0.25, -0.2) is 0 Å². The van der Waals surface area contributed by atoms with Crippen molar-refractivity contribution < 1.29 is 59.8 Å². The molecular weight excluding hydrogens is 516 g/mol. The predicted octanol–water partition coefficient (Wildman–Crippen LogP) is -1.67. The third kappa shape index (κ3) is 6.04. The van der Waals surface area contributed by atoms with Gasteiger partial charge in [0, 0.05) is 0 Å². The normalized spacial score (nSPS) is 50.8. The van der Waals surface area contributed by atoms with E-state index in [0.717, 1.165) is 25.7 Å². The second kappa shape index (κ2) is 12.8. The van der Waals surface area contributed by atoms with Crippen LogP contribution in [0.15, 0.2) is 0 Å². The number of aliphatic hydroxyl groups excluding tert-OH is 8. The lowest BCUT2D eigenvalue weighted by molar-refractivity contribution is -0.307. The fourth-order valence-corrected chi connectivity index (χ4v) is 7.59. The molecule has 2 heterocycles. The molecule has 39 heavy (non-hydrogen) atoms. The molecule has 4 rings (SSSR count). The third-order valence-corrected chi connectivity index (χ3v) is 10.2. The summed E-state index contributed by atoms with van der Waals surface area (Å²) >= 11 is 0. The molecule has 2 aliphatic heterocycles. The Morgan fingerprint density at radius 2 is 1.23 bits per heavy atom. The maximum atomic E-state index is 10.5. The molecule has 15 atom stereocenters. The highest BCUT2D eigenvalue weighted by molar-refractivity contribution is 5.03. The summed E-state index contributed by atoms with van der Waals surface area (Å²) in [6.45, 7) is 6.14. The van der Waals surface area contributed by atoms with E-state index in [4.69, 9.17) is 18.9 Å². The van der Waals surface area contributed by atoms with Crippen LogP contribution in [0.3, 0.4) is 0 Å². The van der Waals surface area contributed by atoms with Crippen molar-refractivity contribution in [3.63, 3.8) is 0 Å². The first-order chi connectivity index (χ1) is 18.4. The summed E-state index contributed by atoms with van der Waals surface area (Å²) in [5.41, 5.74) is -0.108. The van der Waals surface area contributed by atoms with Gasteiger partial charge in [-0.3, -0.25) is 0 Å². The smallest absolute Gasteiger partial charge is 0.186 e. The lowest BCUT2D eigenvalue weighted by atomic mass is 9.56. The van der Waals surface area contributed by atoms with Crippen LogP contribution in [0.2, 0.25) is 0 Å². The SMILES string of the molecule is CC(C)[C@H]1CC[C@]2(C)[C@@H](CO[C@@H]3O[C@H](CO)[C@@H](O)[C@H](O)[C@H]3O)CC[C@@H]2[C@@H]1CO[C@@H]1O[C@H](CO)[C@@H](O)[C@H](O)[C@H]1O. The average molecular weight is 565 g/mol. The zero-order chi connectivity index (χ0) is 28.6. The molecule has 8 N–H and O–H groups in total. The van der Waals surface area contributed by atoms with Crippen molar-refractivity contribution in [2.45, 2.75) is 108 Å². The fraction of sp³-hybridized carbons (Fsp3) is 1.00. The minimum Gasteiger partial charge on any atom is -0.394 e. The molecule has 2 saturated carbocycles. The maximum Gasteiger partial charge on any atom is 0.186 e. The summed E-state index contributed by atoms with van der Waals surface area (Å²) in [5.74, 6) is 1.29. The fourth-order valence-electron chi connectivity index (χ4n) is 7.59. The van der Waals surface area contributed by atoms with Crippen LogP contribution in [-0.2, 0) is 18.9 Å². The van der Waals surface area contributed by atoms with Crippen molar-refractivity contribution in [1.29, 1.82) is 0 Å². The molecule has 0 spiro atoms. The predicted molar refractivity (Wildman–Crippen MR) is 135 cm³/mol. The van der Waals surface area contributed by atoms with Gasteiger partial charge in [0.2, 0.25) is 0 Å². The number of rotatable bonds is 9. The number of aliphatic hydroxyl groups is 8. The molecule has 0 aromatic rings. The first-order valence-corrected chi connectivity index (χ1v) is 14.3. The highest BCUT2D eigenvalue weighted by atomic mass is 16.7. The second-order valence-electron chi connectivity index (χ2n) is 12.6. The van der Waals surface area contributed by atoms with Crippen LogP contribution >= 0.6 is 0 Å². The Hall–Kier alpha value is -0.480. The van der Waals surface area contributed by atoms with E-state index in [1.165, 1.54) is 0 Å². The van der Waals surface area contributed by atoms with Crippen molar-refractivity contribution in [2.75, 3.05) is 26.4 Å². The molecular formula is C27H48O12. The van der Waals surface area contributed by atoms with Gasteiger partial charge in [-0.05, 0) is 60.7 Å². The van der Waals surface area contributed by atoms with E-state index in [0.29, 0.717) is 11.8 Å². The van der Waals surface area contributed by atoms with Gasteiger partial charge in [-0.15, -0.1) is 0 Å². The zero-order valence-electron chi connectivity index (χ0n) is 23.0. The number of hydrogen-bond donors (Lipinski definition) is 8. The largest absolute Gasteiger partial charge is 0.394 e. The van der Waals surface area contributed by atoms with Crippen LogP contribution in [-0.4, -0.2) is 129 Å². The van der Waals surface area contributed by atoms with E-state index < -0.39 is 74.6 Å². The third-order valence-electron chi connectivity index (χ3n) is 10.2. The van der Waals surface area contributed by atoms with E-state index in [-0.39, 0.29) is 36.4 Å². The number of fused-ring (bicyclic) bond motifs is 1. The van der Waals surface area contributed by atoms with Gasteiger partial charge in [0.15, 0.2) is 12.6 Å². The first kappa shape index (κ1) is 31.5. The molecule has 0 amide bonds. The van der Waals surface area contributed by atoms with Gasteiger partial charge in [0.1, 0.15) is 48.8 Å². The summed E-state index contributed by atoms with van der Waals surface area (Å²) in [6.07, 6.45) is -9.40. The Balaban J connectivity index is 1.42. The Labute approximate surface area is 229 Å². The second-order valence-corrected chi connectivity index (χ2v) is 12.6. The van der Waals surface area contributed by atoms with Crippen LogP contribution in [0.5, 0.6) is 0 Å². The van der Waals surface area contributed by atoms with Crippen LogP contribution in [0.1, 0.15) is 46.5 Å². The lowest BCUT2D eigenvalue weighted by Gasteiger charge is -2.50. The molecule has 2 aliphatic carbocycles. The van der Waals surface area contributed by atoms with Gasteiger partial charge in [-0.2, -0.15) is 0 Å². The van der Waals surface area contributed by atoms with Crippen LogP contribution in [0, 0.1) is 35.0 Å². The topological polar surface area (TPSA) is 199 Å². The molecule has 2 saturated heterocycles. The van der Waals surface area contributed by atoms with E-state index >= 15 is 0 Å². The Morgan fingerprint density at radius 3 is 1.72 bits per heavy atom. The van der Waals surface area contributed by atoms with Crippen LogP contribution < -0.4 is 0 Å². The van der Waals surface area contributed by atoms with Gasteiger partial charge in [0.25, 0.3) is 0 Å². The average Bonchev–Trinajstić information content (AvgIpc) is 3.25.